The molecule has 0 bridgehead atoms. The Morgan fingerprint density at radius 1 is 1.29 bits per heavy atom. The number of sulfonamides is 1. The maximum atomic E-state index is 11.8. The molecule has 0 atom stereocenters. The molecule has 0 spiro atoms. The minimum absolute atomic E-state index is 0.00315. The fraction of sp³-hybridized carbons (Fsp3) is 0.333. The molecule has 1 aromatic carbocycles. The largest absolute Gasteiger partial charge is 0.397 e. The van der Waals surface area contributed by atoms with Crippen molar-refractivity contribution in [1.82, 2.24) is 4.72 Å². The number of anilines is 1. The molecule has 8 heteroatoms. The van der Waals surface area contributed by atoms with Crippen molar-refractivity contribution >= 4 is 38.9 Å². The molecule has 1 aromatic rings. The summed E-state index contributed by atoms with van der Waals surface area (Å²) in [5.74, 6) is 0. The number of halogens is 2. The van der Waals surface area contributed by atoms with Crippen molar-refractivity contribution in [2.75, 3.05) is 18.9 Å². The summed E-state index contributed by atoms with van der Waals surface area (Å²) in [5.41, 5.74) is 5.70. The number of hydrogen-bond donors (Lipinski definition) is 3. The fourth-order valence-corrected chi connectivity index (χ4v) is 2.98. The van der Waals surface area contributed by atoms with Crippen molar-refractivity contribution < 1.29 is 13.5 Å². The van der Waals surface area contributed by atoms with Gasteiger partial charge in [-0.2, -0.15) is 0 Å². The Morgan fingerprint density at radius 2 is 1.94 bits per heavy atom. The molecule has 0 aliphatic rings. The third-order valence-electron chi connectivity index (χ3n) is 1.97. The molecular weight excluding hydrogens is 287 g/mol. The van der Waals surface area contributed by atoms with Crippen molar-refractivity contribution in [3.63, 3.8) is 0 Å². The van der Waals surface area contributed by atoms with Crippen LogP contribution in [0.1, 0.15) is 6.42 Å². The van der Waals surface area contributed by atoms with E-state index in [1.165, 1.54) is 12.1 Å². The fourth-order valence-electron chi connectivity index (χ4n) is 1.11. The number of aliphatic hydroxyl groups excluding tert-OH is 1. The lowest BCUT2D eigenvalue weighted by Gasteiger charge is -2.09. The summed E-state index contributed by atoms with van der Waals surface area (Å²) in [7, 11) is -3.74. The maximum Gasteiger partial charge on any atom is 0.242 e. The van der Waals surface area contributed by atoms with E-state index in [1.807, 2.05) is 0 Å². The number of nitrogen functional groups attached to an aromatic ring is 1. The van der Waals surface area contributed by atoms with Crippen LogP contribution in [0.2, 0.25) is 10.0 Å². The van der Waals surface area contributed by atoms with E-state index in [-0.39, 0.29) is 33.8 Å². The molecule has 0 aliphatic heterocycles. The van der Waals surface area contributed by atoms with Gasteiger partial charge in [0.05, 0.1) is 15.7 Å². The molecule has 0 unspecified atom stereocenters. The summed E-state index contributed by atoms with van der Waals surface area (Å²) < 4.78 is 25.9. The summed E-state index contributed by atoms with van der Waals surface area (Å²) >= 11 is 11.5. The molecule has 5 nitrogen and oxygen atoms in total. The van der Waals surface area contributed by atoms with Crippen LogP contribution in [0.15, 0.2) is 17.0 Å². The molecule has 0 aliphatic carbocycles. The van der Waals surface area contributed by atoms with Crippen molar-refractivity contribution in [3.05, 3.63) is 22.2 Å². The number of benzene rings is 1. The van der Waals surface area contributed by atoms with E-state index in [9.17, 15) is 8.42 Å². The zero-order valence-electron chi connectivity index (χ0n) is 8.78. The smallest absolute Gasteiger partial charge is 0.242 e. The van der Waals surface area contributed by atoms with Gasteiger partial charge in [0, 0.05) is 13.2 Å². The van der Waals surface area contributed by atoms with Gasteiger partial charge in [0.15, 0.2) is 0 Å². The van der Waals surface area contributed by atoms with Crippen LogP contribution < -0.4 is 10.5 Å². The number of hydrogen-bond acceptors (Lipinski definition) is 4. The summed E-state index contributed by atoms with van der Waals surface area (Å²) in [6, 6.07) is 2.48. The number of nitrogens with one attached hydrogen (secondary N) is 1. The topological polar surface area (TPSA) is 92.4 Å². The highest BCUT2D eigenvalue weighted by molar-refractivity contribution is 7.89. The van der Waals surface area contributed by atoms with Gasteiger partial charge in [0.25, 0.3) is 0 Å². The average Bonchev–Trinajstić information content (AvgIpc) is 2.23. The van der Waals surface area contributed by atoms with Crippen molar-refractivity contribution in [2.24, 2.45) is 0 Å². The van der Waals surface area contributed by atoms with E-state index in [0.717, 1.165) is 0 Å². The van der Waals surface area contributed by atoms with Crippen LogP contribution >= 0.6 is 23.2 Å². The van der Waals surface area contributed by atoms with Crippen LogP contribution in [-0.2, 0) is 10.0 Å². The molecule has 4 N–H and O–H groups in total. The maximum absolute atomic E-state index is 11.8. The summed E-state index contributed by atoms with van der Waals surface area (Å²) in [6.07, 6.45) is 0.319. The van der Waals surface area contributed by atoms with Gasteiger partial charge in [-0.05, 0) is 18.6 Å². The van der Waals surface area contributed by atoms with Crippen LogP contribution in [0, 0.1) is 0 Å². The predicted octanol–water partition coefficient (Wildman–Crippen LogP) is 1.24. The molecule has 0 heterocycles. The Kier molecular flexibility index (Phi) is 5.03. The molecule has 0 radical (unpaired) electrons. The van der Waals surface area contributed by atoms with Crippen LogP contribution in [0.4, 0.5) is 5.69 Å². The Hall–Kier alpha value is -0.530. The molecule has 0 fully saturated rings. The van der Waals surface area contributed by atoms with E-state index in [0.29, 0.717) is 6.42 Å². The first-order valence-corrected chi connectivity index (χ1v) is 6.97. The zero-order valence-corrected chi connectivity index (χ0v) is 11.1. The quantitative estimate of drug-likeness (QED) is 0.563. The Balaban J connectivity index is 3.03. The normalized spacial score (nSPS) is 11.7. The van der Waals surface area contributed by atoms with Gasteiger partial charge >= 0.3 is 0 Å². The number of aliphatic hydroxyl groups is 1. The molecule has 0 saturated carbocycles. The van der Waals surface area contributed by atoms with Gasteiger partial charge in [-0.25, -0.2) is 13.1 Å². The minimum atomic E-state index is -3.74. The third kappa shape index (κ3) is 3.72. The number of rotatable bonds is 5. The molecule has 0 aromatic heterocycles. The minimum Gasteiger partial charge on any atom is -0.397 e. The molecule has 0 amide bonds. The zero-order chi connectivity index (χ0) is 13.1. The Morgan fingerprint density at radius 3 is 2.53 bits per heavy atom. The number of nitrogens with two attached hydrogens (primary N) is 1. The standard InChI is InChI=1S/C9H12Cl2N2O3S/c10-6-5-9(7(11)4-8(6)12)17(15,16)13-2-1-3-14/h4-5,13-14H,1-3,12H2. The first-order valence-electron chi connectivity index (χ1n) is 4.73. The van der Waals surface area contributed by atoms with Gasteiger partial charge in [-0.1, -0.05) is 23.2 Å². The van der Waals surface area contributed by atoms with Gasteiger partial charge in [-0.15, -0.1) is 0 Å². The Bertz CT molecular complexity index is 505. The predicted molar refractivity (Wildman–Crippen MR) is 67.8 cm³/mol. The van der Waals surface area contributed by atoms with Gasteiger partial charge in [0.2, 0.25) is 10.0 Å². The van der Waals surface area contributed by atoms with Crippen LogP contribution in [0.25, 0.3) is 0 Å². The highest BCUT2D eigenvalue weighted by atomic mass is 35.5. The van der Waals surface area contributed by atoms with Crippen molar-refractivity contribution in [2.45, 2.75) is 11.3 Å². The molecular formula is C9H12Cl2N2O3S. The summed E-state index contributed by atoms with van der Waals surface area (Å²) in [6.45, 7) is 0.0237. The summed E-state index contributed by atoms with van der Waals surface area (Å²) in [5, 5.41) is 8.70. The second kappa shape index (κ2) is 5.88. The summed E-state index contributed by atoms with van der Waals surface area (Å²) in [4.78, 5) is -0.128. The molecule has 1 rings (SSSR count). The highest BCUT2D eigenvalue weighted by Crippen LogP contribution is 2.29. The molecule has 0 saturated heterocycles. The van der Waals surface area contributed by atoms with E-state index in [4.69, 9.17) is 34.0 Å². The van der Waals surface area contributed by atoms with Crippen molar-refractivity contribution in [3.8, 4) is 0 Å². The van der Waals surface area contributed by atoms with Crippen LogP contribution in [0.5, 0.6) is 0 Å². The van der Waals surface area contributed by atoms with Crippen LogP contribution in [0.3, 0.4) is 0 Å². The highest BCUT2D eigenvalue weighted by Gasteiger charge is 2.18. The first-order chi connectivity index (χ1) is 7.88. The van der Waals surface area contributed by atoms with Gasteiger partial charge in [0.1, 0.15) is 4.90 Å². The van der Waals surface area contributed by atoms with E-state index >= 15 is 0 Å². The van der Waals surface area contributed by atoms with Gasteiger partial charge < -0.3 is 10.8 Å². The molecule has 96 valence electrons. The first kappa shape index (κ1) is 14.5. The second-order valence-corrected chi connectivity index (χ2v) is 5.83. The SMILES string of the molecule is Nc1cc(Cl)c(S(=O)(=O)NCCCO)cc1Cl. The van der Waals surface area contributed by atoms with E-state index in [1.54, 1.807) is 0 Å². The lowest BCUT2D eigenvalue weighted by Crippen LogP contribution is -2.25. The lowest BCUT2D eigenvalue weighted by molar-refractivity contribution is 0.289. The second-order valence-electron chi connectivity index (χ2n) is 3.28. The lowest BCUT2D eigenvalue weighted by atomic mass is 10.3. The van der Waals surface area contributed by atoms with Crippen LogP contribution in [-0.4, -0.2) is 26.7 Å². The van der Waals surface area contributed by atoms with E-state index in [2.05, 4.69) is 4.72 Å². The van der Waals surface area contributed by atoms with Gasteiger partial charge in [-0.3, -0.25) is 0 Å². The third-order valence-corrected chi connectivity index (χ3v) is 4.22. The average molecular weight is 299 g/mol. The van der Waals surface area contributed by atoms with E-state index < -0.39 is 10.0 Å². The van der Waals surface area contributed by atoms with Crippen molar-refractivity contribution in [1.29, 1.82) is 0 Å². The Labute approximate surface area is 110 Å². The monoisotopic (exact) mass is 298 g/mol. The molecule has 17 heavy (non-hydrogen) atoms.